The number of carbonyl (C=O) groups excluding carboxylic acids is 1. The summed E-state index contributed by atoms with van der Waals surface area (Å²) in [4.78, 5) is 15.0. The van der Waals surface area contributed by atoms with Crippen LogP contribution < -0.4 is 0 Å². The van der Waals surface area contributed by atoms with Crippen molar-refractivity contribution in [3.8, 4) is 0 Å². The molecule has 2 fully saturated rings. The number of piperazine rings is 1. The molecule has 2 saturated heterocycles. The summed E-state index contributed by atoms with van der Waals surface area (Å²) in [5.74, 6) is -0.256. The van der Waals surface area contributed by atoms with E-state index in [1.807, 2.05) is 4.90 Å². The first-order valence-electron chi connectivity index (χ1n) is 7.73. The Bertz CT molecular complexity index is 542. The van der Waals surface area contributed by atoms with Crippen molar-refractivity contribution in [2.75, 3.05) is 32.8 Å². The average Bonchev–Trinajstić information content (AvgIpc) is 2.94. The minimum Gasteiger partial charge on any atom is -0.464 e. The van der Waals surface area contributed by atoms with Crippen molar-refractivity contribution in [1.82, 2.24) is 9.80 Å². The molecule has 0 N–H and O–H groups in total. The van der Waals surface area contributed by atoms with Gasteiger partial charge in [-0.05, 0) is 5.56 Å². The zero-order chi connectivity index (χ0) is 16.4. The molecule has 2 heterocycles. The monoisotopic (exact) mass is 328 g/mol. The van der Waals surface area contributed by atoms with Gasteiger partial charge in [0.1, 0.15) is 12.1 Å². The summed E-state index contributed by atoms with van der Waals surface area (Å²) in [5.41, 5.74) is 0.258. The van der Waals surface area contributed by atoms with E-state index in [0.29, 0.717) is 26.1 Å². The van der Waals surface area contributed by atoms with Crippen molar-refractivity contribution >= 4 is 5.97 Å². The van der Waals surface area contributed by atoms with E-state index in [9.17, 15) is 18.0 Å². The Hall–Kier alpha value is -1.60. The van der Waals surface area contributed by atoms with Gasteiger partial charge < -0.3 is 4.74 Å². The highest BCUT2D eigenvalue weighted by Gasteiger charge is 2.46. The molecular formula is C16H19F3N2O2. The van der Waals surface area contributed by atoms with Gasteiger partial charge in [0.15, 0.2) is 0 Å². The molecule has 0 spiro atoms. The number of hydrogen-bond donors (Lipinski definition) is 0. The fourth-order valence-electron chi connectivity index (χ4n) is 3.37. The maximum atomic E-state index is 13.5. The van der Waals surface area contributed by atoms with E-state index in [2.05, 4.69) is 0 Å². The molecule has 0 bridgehead atoms. The molecule has 0 amide bonds. The normalized spacial score (nSPS) is 25.3. The van der Waals surface area contributed by atoms with Gasteiger partial charge in [0.05, 0.1) is 6.61 Å². The SMILES string of the molecule is O=C1OCC[C@@H]1N1CCN([C@H](c2ccccc2)C(F)(F)F)CC1. The van der Waals surface area contributed by atoms with Crippen LogP contribution in [0.2, 0.25) is 0 Å². The molecule has 0 unspecified atom stereocenters. The Morgan fingerprint density at radius 2 is 1.74 bits per heavy atom. The Labute approximate surface area is 132 Å². The number of cyclic esters (lactones) is 1. The third-order valence-corrected chi connectivity index (χ3v) is 4.49. The van der Waals surface area contributed by atoms with Crippen LogP contribution in [-0.4, -0.2) is 60.8 Å². The van der Waals surface area contributed by atoms with Crippen molar-refractivity contribution in [3.63, 3.8) is 0 Å². The number of halogens is 3. The molecular weight excluding hydrogens is 309 g/mol. The summed E-state index contributed by atoms with van der Waals surface area (Å²) in [6.45, 7) is 1.85. The zero-order valence-electron chi connectivity index (χ0n) is 12.6. The largest absolute Gasteiger partial charge is 0.464 e. The van der Waals surface area contributed by atoms with Gasteiger partial charge >= 0.3 is 12.1 Å². The van der Waals surface area contributed by atoms with E-state index in [1.54, 1.807) is 18.2 Å². The van der Waals surface area contributed by atoms with Crippen LogP contribution in [0.5, 0.6) is 0 Å². The number of ether oxygens (including phenoxy) is 1. The van der Waals surface area contributed by atoms with Crippen molar-refractivity contribution in [2.45, 2.75) is 24.7 Å². The third kappa shape index (κ3) is 3.50. The molecule has 3 rings (SSSR count). The van der Waals surface area contributed by atoms with E-state index in [-0.39, 0.29) is 30.7 Å². The molecule has 1 aromatic carbocycles. The lowest BCUT2D eigenvalue weighted by molar-refractivity contribution is -0.191. The molecule has 7 heteroatoms. The molecule has 1 aromatic rings. The summed E-state index contributed by atoms with van der Waals surface area (Å²) in [6, 6.07) is 6.09. The number of benzene rings is 1. The Morgan fingerprint density at radius 3 is 2.26 bits per heavy atom. The van der Waals surface area contributed by atoms with Gasteiger partial charge in [0.2, 0.25) is 0 Å². The number of rotatable bonds is 3. The first-order chi connectivity index (χ1) is 11.0. The van der Waals surface area contributed by atoms with Gasteiger partial charge in [0, 0.05) is 32.6 Å². The Kier molecular flexibility index (Phi) is 4.59. The quantitative estimate of drug-likeness (QED) is 0.797. The maximum absolute atomic E-state index is 13.5. The maximum Gasteiger partial charge on any atom is 0.408 e. The van der Waals surface area contributed by atoms with Gasteiger partial charge in [-0.25, -0.2) is 0 Å². The number of nitrogens with zero attached hydrogens (tertiary/aromatic N) is 2. The van der Waals surface area contributed by atoms with Crippen LogP contribution in [-0.2, 0) is 9.53 Å². The number of esters is 1. The van der Waals surface area contributed by atoms with E-state index in [4.69, 9.17) is 4.74 Å². The molecule has 0 aliphatic carbocycles. The second kappa shape index (κ2) is 6.49. The summed E-state index contributed by atoms with van der Waals surface area (Å²) in [7, 11) is 0. The van der Waals surface area contributed by atoms with E-state index in [1.165, 1.54) is 17.0 Å². The third-order valence-electron chi connectivity index (χ3n) is 4.49. The zero-order valence-corrected chi connectivity index (χ0v) is 12.6. The smallest absolute Gasteiger partial charge is 0.408 e. The van der Waals surface area contributed by atoms with Crippen LogP contribution in [0.15, 0.2) is 30.3 Å². The second-order valence-corrected chi connectivity index (χ2v) is 5.90. The number of carbonyl (C=O) groups is 1. The van der Waals surface area contributed by atoms with Crippen LogP contribution >= 0.6 is 0 Å². The molecule has 0 saturated carbocycles. The van der Waals surface area contributed by atoms with Crippen molar-refractivity contribution in [3.05, 3.63) is 35.9 Å². The average molecular weight is 328 g/mol. The molecule has 0 aromatic heterocycles. The van der Waals surface area contributed by atoms with Crippen LogP contribution in [0, 0.1) is 0 Å². The van der Waals surface area contributed by atoms with Crippen LogP contribution in [0.4, 0.5) is 13.2 Å². The highest BCUT2D eigenvalue weighted by molar-refractivity contribution is 5.77. The lowest BCUT2D eigenvalue weighted by Gasteiger charge is -2.41. The highest BCUT2D eigenvalue weighted by atomic mass is 19.4. The van der Waals surface area contributed by atoms with E-state index in [0.717, 1.165) is 0 Å². The van der Waals surface area contributed by atoms with Gasteiger partial charge in [0.25, 0.3) is 0 Å². The molecule has 23 heavy (non-hydrogen) atoms. The lowest BCUT2D eigenvalue weighted by atomic mass is 10.0. The Balaban J connectivity index is 1.70. The summed E-state index contributed by atoms with van der Waals surface area (Å²) >= 11 is 0. The highest BCUT2D eigenvalue weighted by Crippen LogP contribution is 2.38. The van der Waals surface area contributed by atoms with Crippen LogP contribution in [0.25, 0.3) is 0 Å². The van der Waals surface area contributed by atoms with Crippen LogP contribution in [0.1, 0.15) is 18.0 Å². The molecule has 4 nitrogen and oxygen atoms in total. The minimum absolute atomic E-state index is 0.256. The van der Waals surface area contributed by atoms with Crippen LogP contribution in [0.3, 0.4) is 0 Å². The fraction of sp³-hybridized carbons (Fsp3) is 0.562. The standard InChI is InChI=1S/C16H19F3N2O2/c17-16(18,19)14(12-4-2-1-3-5-12)21-9-7-20(8-10-21)13-6-11-23-15(13)22/h1-5,13-14H,6-11H2/t13-,14+/m0/s1. The summed E-state index contributed by atoms with van der Waals surface area (Å²) in [5, 5.41) is 0. The summed E-state index contributed by atoms with van der Waals surface area (Å²) < 4.78 is 45.5. The molecule has 2 aliphatic rings. The minimum atomic E-state index is -4.32. The van der Waals surface area contributed by atoms with Gasteiger partial charge in [-0.15, -0.1) is 0 Å². The van der Waals surface area contributed by atoms with Crippen molar-refractivity contribution in [1.29, 1.82) is 0 Å². The van der Waals surface area contributed by atoms with Crippen molar-refractivity contribution < 1.29 is 22.7 Å². The molecule has 0 radical (unpaired) electrons. The van der Waals surface area contributed by atoms with Gasteiger partial charge in [-0.1, -0.05) is 30.3 Å². The predicted octanol–water partition coefficient (Wildman–Crippen LogP) is 2.22. The molecule has 2 aliphatic heterocycles. The fourth-order valence-corrected chi connectivity index (χ4v) is 3.37. The second-order valence-electron chi connectivity index (χ2n) is 5.90. The molecule has 2 atom stereocenters. The lowest BCUT2D eigenvalue weighted by Crippen LogP contribution is -2.54. The predicted molar refractivity (Wildman–Crippen MR) is 77.7 cm³/mol. The summed E-state index contributed by atoms with van der Waals surface area (Å²) in [6.07, 6.45) is -3.70. The first-order valence-corrected chi connectivity index (χ1v) is 7.73. The topological polar surface area (TPSA) is 32.8 Å². The van der Waals surface area contributed by atoms with Crippen molar-refractivity contribution in [2.24, 2.45) is 0 Å². The first kappa shape index (κ1) is 16.3. The Morgan fingerprint density at radius 1 is 1.09 bits per heavy atom. The van der Waals surface area contributed by atoms with E-state index >= 15 is 0 Å². The number of hydrogen-bond acceptors (Lipinski definition) is 4. The van der Waals surface area contributed by atoms with E-state index < -0.39 is 12.2 Å². The van der Waals surface area contributed by atoms with Gasteiger partial charge in [-0.3, -0.25) is 14.6 Å². The van der Waals surface area contributed by atoms with Gasteiger partial charge in [-0.2, -0.15) is 13.2 Å². The number of alkyl halides is 3. The molecule has 126 valence electrons.